The predicted molar refractivity (Wildman–Crippen MR) is 73.2 cm³/mol. The molecule has 0 saturated heterocycles. The smallest absolute Gasteiger partial charge is 0.307 e. The van der Waals surface area contributed by atoms with Gasteiger partial charge < -0.3 is 5.11 Å². The number of benzene rings is 2. The normalized spacial score (nSPS) is 10.3. The van der Waals surface area contributed by atoms with Gasteiger partial charge in [-0.05, 0) is 28.8 Å². The highest BCUT2D eigenvalue weighted by atomic mass is 35.5. The number of rotatable bonds is 3. The van der Waals surface area contributed by atoms with Crippen LogP contribution in [0.2, 0.25) is 10.0 Å². The van der Waals surface area contributed by atoms with Crippen LogP contribution in [0.25, 0.3) is 11.1 Å². The van der Waals surface area contributed by atoms with Crippen LogP contribution in [0, 0.1) is 0 Å². The molecule has 0 heterocycles. The van der Waals surface area contributed by atoms with E-state index >= 15 is 0 Å². The summed E-state index contributed by atoms with van der Waals surface area (Å²) in [5, 5.41) is 9.71. The van der Waals surface area contributed by atoms with E-state index in [-0.39, 0.29) is 6.42 Å². The molecule has 2 nitrogen and oxygen atoms in total. The van der Waals surface area contributed by atoms with E-state index in [1.807, 2.05) is 18.2 Å². The fourth-order valence-corrected chi connectivity index (χ4v) is 1.96. The third kappa shape index (κ3) is 3.03. The van der Waals surface area contributed by atoms with Gasteiger partial charge in [-0.15, -0.1) is 0 Å². The summed E-state index contributed by atoms with van der Waals surface area (Å²) in [4.78, 5) is 10.6. The van der Waals surface area contributed by atoms with Gasteiger partial charge in [0.25, 0.3) is 0 Å². The van der Waals surface area contributed by atoms with Gasteiger partial charge in [0.1, 0.15) is 0 Å². The van der Waals surface area contributed by atoms with Crippen molar-refractivity contribution in [2.45, 2.75) is 6.42 Å². The van der Waals surface area contributed by atoms with E-state index in [2.05, 4.69) is 0 Å². The van der Waals surface area contributed by atoms with Gasteiger partial charge in [-0.1, -0.05) is 53.5 Å². The van der Waals surface area contributed by atoms with E-state index in [0.717, 1.165) is 16.7 Å². The van der Waals surface area contributed by atoms with Crippen molar-refractivity contribution in [3.8, 4) is 11.1 Å². The average molecular weight is 281 g/mol. The highest BCUT2D eigenvalue weighted by molar-refractivity contribution is 6.42. The number of hydrogen-bond acceptors (Lipinski definition) is 1. The van der Waals surface area contributed by atoms with Gasteiger partial charge in [0.05, 0.1) is 16.5 Å². The van der Waals surface area contributed by atoms with E-state index in [1.54, 1.807) is 24.3 Å². The van der Waals surface area contributed by atoms with Gasteiger partial charge in [0, 0.05) is 0 Å². The summed E-state index contributed by atoms with van der Waals surface area (Å²) in [6.45, 7) is 0. The summed E-state index contributed by atoms with van der Waals surface area (Å²) >= 11 is 11.8. The Labute approximate surface area is 115 Å². The number of carboxylic acid groups (broad SMARTS) is 1. The monoisotopic (exact) mass is 280 g/mol. The molecule has 0 aliphatic carbocycles. The van der Waals surface area contributed by atoms with Gasteiger partial charge in [-0.2, -0.15) is 0 Å². The standard InChI is InChI=1S/C14H10Cl2O2/c15-12-6-5-11(8-13(12)16)10-3-1-9(2-4-10)7-14(17)18/h1-6,8H,7H2,(H,17,18). The number of hydrogen-bond donors (Lipinski definition) is 1. The molecule has 0 aliphatic rings. The predicted octanol–water partition coefficient (Wildman–Crippen LogP) is 4.29. The summed E-state index contributed by atoms with van der Waals surface area (Å²) in [5.41, 5.74) is 2.69. The highest BCUT2D eigenvalue weighted by Gasteiger charge is 2.04. The van der Waals surface area contributed by atoms with E-state index < -0.39 is 5.97 Å². The molecule has 0 fully saturated rings. The van der Waals surface area contributed by atoms with Gasteiger partial charge >= 0.3 is 5.97 Å². The minimum atomic E-state index is -0.836. The van der Waals surface area contributed by atoms with Gasteiger partial charge in [0.15, 0.2) is 0 Å². The molecule has 0 aliphatic heterocycles. The van der Waals surface area contributed by atoms with Crippen molar-refractivity contribution in [2.75, 3.05) is 0 Å². The van der Waals surface area contributed by atoms with Crippen LogP contribution in [0.3, 0.4) is 0 Å². The summed E-state index contributed by atoms with van der Waals surface area (Å²) < 4.78 is 0. The molecule has 0 amide bonds. The van der Waals surface area contributed by atoms with E-state index in [0.29, 0.717) is 10.0 Å². The second-order valence-electron chi connectivity index (χ2n) is 3.90. The maximum Gasteiger partial charge on any atom is 0.307 e. The summed E-state index contributed by atoms with van der Waals surface area (Å²) in [6.07, 6.45) is 0.0294. The van der Waals surface area contributed by atoms with Crippen molar-refractivity contribution < 1.29 is 9.90 Å². The van der Waals surface area contributed by atoms with Crippen molar-refractivity contribution in [3.63, 3.8) is 0 Å². The number of carboxylic acids is 1. The second-order valence-corrected chi connectivity index (χ2v) is 4.71. The second kappa shape index (κ2) is 5.42. The molecular weight excluding hydrogens is 271 g/mol. The maximum absolute atomic E-state index is 10.6. The zero-order valence-electron chi connectivity index (χ0n) is 9.36. The first-order valence-electron chi connectivity index (χ1n) is 5.32. The number of aliphatic carboxylic acids is 1. The minimum Gasteiger partial charge on any atom is -0.481 e. The maximum atomic E-state index is 10.6. The van der Waals surface area contributed by atoms with Crippen molar-refractivity contribution in [3.05, 3.63) is 58.1 Å². The highest BCUT2D eigenvalue weighted by Crippen LogP contribution is 2.28. The molecule has 92 valence electrons. The lowest BCUT2D eigenvalue weighted by atomic mass is 10.0. The van der Waals surface area contributed by atoms with E-state index in [4.69, 9.17) is 28.3 Å². The largest absolute Gasteiger partial charge is 0.481 e. The van der Waals surface area contributed by atoms with Crippen LogP contribution in [-0.4, -0.2) is 11.1 Å². The quantitative estimate of drug-likeness (QED) is 0.911. The fraction of sp³-hybridized carbons (Fsp3) is 0.0714. The summed E-state index contributed by atoms with van der Waals surface area (Å²) in [7, 11) is 0. The molecule has 0 radical (unpaired) electrons. The van der Waals surface area contributed by atoms with Gasteiger partial charge in [-0.25, -0.2) is 0 Å². The Bertz CT molecular complexity index is 577. The molecular formula is C14H10Cl2O2. The molecule has 0 atom stereocenters. The molecule has 0 spiro atoms. The third-order valence-corrected chi connectivity index (χ3v) is 3.30. The summed E-state index contributed by atoms with van der Waals surface area (Å²) in [5.74, 6) is -0.836. The van der Waals surface area contributed by atoms with Crippen molar-refractivity contribution in [1.29, 1.82) is 0 Å². The van der Waals surface area contributed by atoms with E-state index in [9.17, 15) is 4.79 Å². The van der Waals surface area contributed by atoms with E-state index in [1.165, 1.54) is 0 Å². The zero-order valence-corrected chi connectivity index (χ0v) is 10.9. The number of halogens is 2. The molecule has 0 saturated carbocycles. The molecule has 0 unspecified atom stereocenters. The topological polar surface area (TPSA) is 37.3 Å². The molecule has 1 N–H and O–H groups in total. The Hall–Kier alpha value is -1.51. The molecule has 2 aromatic rings. The van der Waals surface area contributed by atoms with Gasteiger partial charge in [-0.3, -0.25) is 4.79 Å². The van der Waals surface area contributed by atoms with Crippen LogP contribution in [0.4, 0.5) is 0 Å². The molecule has 2 aromatic carbocycles. The molecule has 0 bridgehead atoms. The van der Waals surface area contributed by atoms with Crippen molar-refractivity contribution in [2.24, 2.45) is 0 Å². The Morgan fingerprint density at radius 1 is 0.944 bits per heavy atom. The van der Waals surface area contributed by atoms with Crippen molar-refractivity contribution >= 4 is 29.2 Å². The number of carbonyl (C=O) groups is 1. The SMILES string of the molecule is O=C(O)Cc1ccc(-c2ccc(Cl)c(Cl)c2)cc1. The van der Waals surface area contributed by atoms with Crippen LogP contribution in [-0.2, 0) is 11.2 Å². The molecule has 18 heavy (non-hydrogen) atoms. The van der Waals surface area contributed by atoms with Crippen LogP contribution in [0.1, 0.15) is 5.56 Å². The van der Waals surface area contributed by atoms with Gasteiger partial charge in [0.2, 0.25) is 0 Å². The Morgan fingerprint density at radius 3 is 2.11 bits per heavy atom. The van der Waals surface area contributed by atoms with Crippen LogP contribution in [0.5, 0.6) is 0 Å². The Morgan fingerprint density at radius 2 is 1.56 bits per heavy atom. The Kier molecular flexibility index (Phi) is 3.90. The summed E-state index contributed by atoms with van der Waals surface area (Å²) in [6, 6.07) is 12.7. The zero-order chi connectivity index (χ0) is 13.1. The lowest BCUT2D eigenvalue weighted by molar-refractivity contribution is -0.136. The lowest BCUT2D eigenvalue weighted by Gasteiger charge is -2.04. The minimum absolute atomic E-state index is 0.0294. The van der Waals surface area contributed by atoms with Crippen LogP contribution < -0.4 is 0 Å². The first kappa shape index (κ1) is 12.9. The molecule has 4 heteroatoms. The fourth-order valence-electron chi connectivity index (χ4n) is 1.67. The van der Waals surface area contributed by atoms with Crippen LogP contribution >= 0.6 is 23.2 Å². The molecule has 2 rings (SSSR count). The Balaban J connectivity index is 2.28. The first-order valence-corrected chi connectivity index (χ1v) is 6.08. The first-order chi connectivity index (χ1) is 8.56. The van der Waals surface area contributed by atoms with Crippen LogP contribution in [0.15, 0.2) is 42.5 Å². The molecule has 0 aromatic heterocycles. The average Bonchev–Trinajstić information content (AvgIpc) is 2.33. The third-order valence-electron chi connectivity index (χ3n) is 2.56. The van der Waals surface area contributed by atoms with Crippen molar-refractivity contribution in [1.82, 2.24) is 0 Å². The lowest BCUT2D eigenvalue weighted by Crippen LogP contribution is -1.99.